The number of piperazine rings is 1. The van der Waals surface area contributed by atoms with Crippen LogP contribution in [-0.4, -0.2) is 57.2 Å². The Hall–Kier alpha value is -3.42. The van der Waals surface area contributed by atoms with E-state index in [1.165, 1.54) is 0 Å². The molecule has 0 radical (unpaired) electrons. The summed E-state index contributed by atoms with van der Waals surface area (Å²) < 4.78 is 7.20. The molecule has 8 nitrogen and oxygen atoms in total. The Balaban J connectivity index is 1.31. The number of rotatable bonds is 4. The summed E-state index contributed by atoms with van der Waals surface area (Å²) >= 11 is 0. The Labute approximate surface area is 169 Å². The molecule has 1 fully saturated rings. The minimum Gasteiger partial charge on any atom is -0.445 e. The maximum atomic E-state index is 12.3. The van der Waals surface area contributed by atoms with E-state index in [4.69, 9.17) is 4.74 Å². The molecule has 8 heteroatoms. The first-order chi connectivity index (χ1) is 14.1. The topological polar surface area (TPSA) is 76.4 Å². The Morgan fingerprint density at radius 1 is 0.966 bits per heavy atom. The number of anilines is 1. The van der Waals surface area contributed by atoms with Crippen LogP contribution in [0.15, 0.2) is 48.5 Å². The van der Waals surface area contributed by atoms with E-state index in [0.717, 1.165) is 22.8 Å². The third-order valence-electron chi connectivity index (χ3n) is 4.93. The zero-order valence-corrected chi connectivity index (χ0v) is 16.7. The van der Waals surface area contributed by atoms with Crippen molar-refractivity contribution in [3.63, 3.8) is 0 Å². The highest BCUT2D eigenvalue weighted by molar-refractivity contribution is 5.68. The number of hydrogen-bond acceptors (Lipinski definition) is 6. The third kappa shape index (κ3) is 4.37. The molecule has 1 aliphatic rings. The molecule has 1 saturated heterocycles. The van der Waals surface area contributed by atoms with Crippen molar-refractivity contribution in [1.29, 1.82) is 0 Å². The highest BCUT2D eigenvalue weighted by Crippen LogP contribution is 2.16. The largest absolute Gasteiger partial charge is 0.445 e. The molecule has 0 saturated carbocycles. The standard InChI is InChI=1S/C21H24N6O2/c1-16-14-17(2)27(24-16)20-9-8-19(22-23-20)25-10-12-26(13-11-25)21(28)29-15-18-6-4-3-5-7-18/h3-9,14H,10-13,15H2,1-2H3. The summed E-state index contributed by atoms with van der Waals surface area (Å²) in [5.41, 5.74) is 2.95. The number of aromatic nitrogens is 4. The van der Waals surface area contributed by atoms with E-state index < -0.39 is 0 Å². The smallest absolute Gasteiger partial charge is 0.410 e. The monoisotopic (exact) mass is 392 g/mol. The first kappa shape index (κ1) is 18.9. The fourth-order valence-electron chi connectivity index (χ4n) is 3.39. The van der Waals surface area contributed by atoms with Gasteiger partial charge in [-0.3, -0.25) is 0 Å². The van der Waals surface area contributed by atoms with E-state index >= 15 is 0 Å². The Morgan fingerprint density at radius 2 is 1.66 bits per heavy atom. The summed E-state index contributed by atoms with van der Waals surface area (Å²) in [6, 6.07) is 15.6. The van der Waals surface area contributed by atoms with Gasteiger partial charge in [0.05, 0.1) is 5.69 Å². The van der Waals surface area contributed by atoms with E-state index in [-0.39, 0.29) is 6.09 Å². The average molecular weight is 392 g/mol. The van der Waals surface area contributed by atoms with E-state index in [1.54, 1.807) is 9.58 Å². The minimum atomic E-state index is -0.278. The van der Waals surface area contributed by atoms with Crippen LogP contribution in [-0.2, 0) is 11.3 Å². The summed E-state index contributed by atoms with van der Waals surface area (Å²) in [7, 11) is 0. The molecule has 1 aliphatic heterocycles. The van der Waals surface area contributed by atoms with Gasteiger partial charge in [-0.05, 0) is 37.6 Å². The summed E-state index contributed by atoms with van der Waals surface area (Å²) in [5.74, 6) is 1.50. The molecule has 29 heavy (non-hydrogen) atoms. The van der Waals surface area contributed by atoms with Crippen LogP contribution in [0, 0.1) is 13.8 Å². The van der Waals surface area contributed by atoms with Crippen molar-refractivity contribution in [2.45, 2.75) is 20.5 Å². The van der Waals surface area contributed by atoms with Gasteiger partial charge in [0.15, 0.2) is 11.6 Å². The van der Waals surface area contributed by atoms with Gasteiger partial charge in [-0.25, -0.2) is 9.48 Å². The summed E-state index contributed by atoms with van der Waals surface area (Å²) in [5, 5.41) is 13.1. The fourth-order valence-corrected chi connectivity index (χ4v) is 3.39. The normalized spacial score (nSPS) is 14.1. The molecule has 0 spiro atoms. The van der Waals surface area contributed by atoms with Gasteiger partial charge in [-0.1, -0.05) is 30.3 Å². The second-order valence-corrected chi connectivity index (χ2v) is 7.10. The van der Waals surface area contributed by atoms with Crippen LogP contribution in [0.5, 0.6) is 0 Å². The number of nitrogens with zero attached hydrogens (tertiary/aromatic N) is 6. The van der Waals surface area contributed by atoms with Crippen molar-refractivity contribution in [2.75, 3.05) is 31.1 Å². The van der Waals surface area contributed by atoms with Crippen LogP contribution in [0.4, 0.5) is 10.6 Å². The van der Waals surface area contributed by atoms with Gasteiger partial charge in [-0.15, -0.1) is 10.2 Å². The number of aryl methyl sites for hydroxylation is 2. The average Bonchev–Trinajstić information content (AvgIpc) is 3.11. The Morgan fingerprint density at radius 3 is 2.28 bits per heavy atom. The Bertz CT molecular complexity index is 963. The minimum absolute atomic E-state index is 0.278. The molecular weight excluding hydrogens is 368 g/mol. The first-order valence-corrected chi connectivity index (χ1v) is 9.68. The third-order valence-corrected chi connectivity index (χ3v) is 4.93. The predicted octanol–water partition coefficient (Wildman–Crippen LogP) is 2.74. The van der Waals surface area contributed by atoms with Crippen LogP contribution < -0.4 is 4.90 Å². The van der Waals surface area contributed by atoms with E-state index in [2.05, 4.69) is 20.2 Å². The summed E-state index contributed by atoms with van der Waals surface area (Å²) in [4.78, 5) is 16.2. The van der Waals surface area contributed by atoms with Crippen LogP contribution in [0.2, 0.25) is 0 Å². The van der Waals surface area contributed by atoms with Crippen LogP contribution >= 0.6 is 0 Å². The molecule has 2 aromatic heterocycles. The molecule has 0 unspecified atom stereocenters. The number of carbonyl (C=O) groups excluding carboxylic acids is 1. The number of benzene rings is 1. The number of hydrogen-bond donors (Lipinski definition) is 0. The lowest BCUT2D eigenvalue weighted by atomic mass is 10.2. The molecule has 150 valence electrons. The first-order valence-electron chi connectivity index (χ1n) is 9.68. The van der Waals surface area contributed by atoms with Crippen molar-refractivity contribution in [2.24, 2.45) is 0 Å². The van der Waals surface area contributed by atoms with Gasteiger partial charge in [-0.2, -0.15) is 5.10 Å². The molecule has 0 N–H and O–H groups in total. The quantitative estimate of drug-likeness (QED) is 0.680. The van der Waals surface area contributed by atoms with Gasteiger partial charge >= 0.3 is 6.09 Å². The van der Waals surface area contributed by atoms with Crippen molar-refractivity contribution in [3.05, 3.63) is 65.5 Å². The lowest BCUT2D eigenvalue weighted by molar-refractivity contribution is 0.0941. The molecule has 0 atom stereocenters. The highest BCUT2D eigenvalue weighted by atomic mass is 16.6. The van der Waals surface area contributed by atoms with Crippen molar-refractivity contribution < 1.29 is 9.53 Å². The maximum Gasteiger partial charge on any atom is 0.410 e. The molecule has 0 bridgehead atoms. The number of ether oxygens (including phenoxy) is 1. The van der Waals surface area contributed by atoms with Gasteiger partial charge in [0.25, 0.3) is 0 Å². The zero-order chi connectivity index (χ0) is 20.2. The molecule has 3 aromatic rings. The zero-order valence-electron chi connectivity index (χ0n) is 16.7. The van der Waals surface area contributed by atoms with E-state index in [9.17, 15) is 4.79 Å². The lowest BCUT2D eigenvalue weighted by Crippen LogP contribution is -2.49. The molecule has 1 aromatic carbocycles. The Kier molecular flexibility index (Phi) is 5.41. The lowest BCUT2D eigenvalue weighted by Gasteiger charge is -2.34. The number of amides is 1. The second kappa shape index (κ2) is 8.30. The van der Waals surface area contributed by atoms with Gasteiger partial charge < -0.3 is 14.5 Å². The predicted molar refractivity (Wildman–Crippen MR) is 109 cm³/mol. The van der Waals surface area contributed by atoms with Crippen molar-refractivity contribution in [1.82, 2.24) is 24.9 Å². The fraction of sp³-hybridized carbons (Fsp3) is 0.333. The van der Waals surface area contributed by atoms with Gasteiger partial charge in [0.1, 0.15) is 6.61 Å². The molecule has 1 amide bonds. The maximum absolute atomic E-state index is 12.3. The van der Waals surface area contributed by atoms with E-state index in [1.807, 2.05) is 62.4 Å². The van der Waals surface area contributed by atoms with E-state index in [0.29, 0.717) is 38.6 Å². The molecule has 3 heterocycles. The summed E-state index contributed by atoms with van der Waals surface area (Å²) in [6.07, 6.45) is -0.278. The van der Waals surface area contributed by atoms with Crippen LogP contribution in [0.1, 0.15) is 17.0 Å². The molecule has 0 aliphatic carbocycles. The second-order valence-electron chi connectivity index (χ2n) is 7.10. The SMILES string of the molecule is Cc1cc(C)n(-c2ccc(N3CCN(C(=O)OCc4ccccc4)CC3)nn2)n1. The van der Waals surface area contributed by atoms with Gasteiger partial charge in [0, 0.05) is 31.9 Å². The summed E-state index contributed by atoms with van der Waals surface area (Å²) in [6.45, 7) is 6.80. The van der Waals surface area contributed by atoms with Crippen molar-refractivity contribution >= 4 is 11.9 Å². The van der Waals surface area contributed by atoms with Crippen LogP contribution in [0.3, 0.4) is 0 Å². The van der Waals surface area contributed by atoms with Crippen LogP contribution in [0.25, 0.3) is 5.82 Å². The number of carbonyl (C=O) groups is 1. The van der Waals surface area contributed by atoms with Crippen molar-refractivity contribution in [3.8, 4) is 5.82 Å². The molecular formula is C21H24N6O2. The van der Waals surface area contributed by atoms with Gasteiger partial charge in [0.2, 0.25) is 0 Å². The highest BCUT2D eigenvalue weighted by Gasteiger charge is 2.23. The molecule has 4 rings (SSSR count).